The van der Waals surface area contributed by atoms with E-state index in [1.807, 2.05) is 42.2 Å². The molecule has 0 saturated heterocycles. The summed E-state index contributed by atoms with van der Waals surface area (Å²) in [4.78, 5) is 14.3. The number of amides is 1. The van der Waals surface area contributed by atoms with Gasteiger partial charge < -0.3 is 9.64 Å². The fourth-order valence-corrected chi connectivity index (χ4v) is 2.64. The Hall–Kier alpha value is -2.29. The molecule has 0 bridgehead atoms. The molecule has 2 aromatic rings. The molecule has 2 aromatic carbocycles. The number of anilines is 1. The van der Waals surface area contributed by atoms with Crippen LogP contribution in [0, 0.1) is 13.8 Å². The van der Waals surface area contributed by atoms with Crippen LogP contribution < -0.4 is 9.64 Å². The van der Waals surface area contributed by atoms with Crippen molar-refractivity contribution in [1.82, 2.24) is 0 Å². The number of hydrogen-bond acceptors (Lipinski definition) is 2. The lowest BCUT2D eigenvalue weighted by atomic mass is 10.1. The standard InChI is InChI=1S/C18H19NO2/c1-12-8-9-17-16(10-12)19(18(20)14(3)21-17)11-15-7-5-4-6-13(15)2/h4-10,14H,11H2,1-3H3. The first-order valence-corrected chi connectivity index (χ1v) is 7.19. The second-order valence-corrected chi connectivity index (χ2v) is 5.58. The average Bonchev–Trinajstić information content (AvgIpc) is 2.46. The molecule has 108 valence electrons. The third kappa shape index (κ3) is 2.51. The highest BCUT2D eigenvalue weighted by Gasteiger charge is 2.31. The fraction of sp³-hybridized carbons (Fsp3) is 0.278. The summed E-state index contributed by atoms with van der Waals surface area (Å²) in [5, 5.41) is 0. The molecule has 1 heterocycles. The van der Waals surface area contributed by atoms with E-state index in [0.29, 0.717) is 6.54 Å². The normalized spacial score (nSPS) is 17.4. The van der Waals surface area contributed by atoms with Crippen LogP contribution in [0.1, 0.15) is 23.6 Å². The maximum Gasteiger partial charge on any atom is 0.268 e. The van der Waals surface area contributed by atoms with Gasteiger partial charge in [0.2, 0.25) is 0 Å². The van der Waals surface area contributed by atoms with Crippen LogP contribution >= 0.6 is 0 Å². The molecule has 21 heavy (non-hydrogen) atoms. The van der Waals surface area contributed by atoms with E-state index in [4.69, 9.17) is 4.74 Å². The summed E-state index contributed by atoms with van der Waals surface area (Å²) in [6, 6.07) is 14.1. The Labute approximate surface area is 125 Å². The van der Waals surface area contributed by atoms with Crippen LogP contribution in [0.4, 0.5) is 5.69 Å². The molecule has 1 aliphatic heterocycles. The molecule has 1 amide bonds. The zero-order valence-electron chi connectivity index (χ0n) is 12.6. The first-order valence-electron chi connectivity index (χ1n) is 7.19. The molecule has 0 saturated carbocycles. The van der Waals surface area contributed by atoms with E-state index in [0.717, 1.165) is 22.6 Å². The molecule has 3 heteroatoms. The number of carbonyl (C=O) groups is 1. The lowest BCUT2D eigenvalue weighted by molar-refractivity contribution is -0.125. The van der Waals surface area contributed by atoms with Crippen LogP contribution in [0.2, 0.25) is 0 Å². The predicted molar refractivity (Wildman–Crippen MR) is 83.6 cm³/mol. The van der Waals surface area contributed by atoms with E-state index in [2.05, 4.69) is 19.1 Å². The summed E-state index contributed by atoms with van der Waals surface area (Å²) in [7, 11) is 0. The van der Waals surface area contributed by atoms with Gasteiger partial charge >= 0.3 is 0 Å². The fourth-order valence-electron chi connectivity index (χ4n) is 2.64. The minimum absolute atomic E-state index is 0.0105. The summed E-state index contributed by atoms with van der Waals surface area (Å²) in [5.41, 5.74) is 4.34. The Morgan fingerprint density at radius 2 is 1.90 bits per heavy atom. The molecule has 0 N–H and O–H groups in total. The molecular formula is C18H19NO2. The van der Waals surface area contributed by atoms with Gasteiger partial charge in [-0.3, -0.25) is 4.79 Å². The van der Waals surface area contributed by atoms with E-state index >= 15 is 0 Å². The van der Waals surface area contributed by atoms with Crippen molar-refractivity contribution in [2.75, 3.05) is 4.90 Å². The van der Waals surface area contributed by atoms with E-state index in [1.165, 1.54) is 5.56 Å². The zero-order chi connectivity index (χ0) is 15.0. The van der Waals surface area contributed by atoms with Crippen molar-refractivity contribution in [3.8, 4) is 5.75 Å². The Kier molecular flexibility index (Phi) is 3.42. The summed E-state index contributed by atoms with van der Waals surface area (Å²) >= 11 is 0. The summed E-state index contributed by atoms with van der Waals surface area (Å²) in [6.45, 7) is 6.47. The first kappa shape index (κ1) is 13.7. The van der Waals surface area contributed by atoms with Crippen LogP contribution in [0.3, 0.4) is 0 Å². The lowest BCUT2D eigenvalue weighted by Crippen LogP contribution is -2.44. The largest absolute Gasteiger partial charge is 0.479 e. The molecule has 0 spiro atoms. The molecule has 1 aliphatic rings. The monoisotopic (exact) mass is 281 g/mol. The van der Waals surface area contributed by atoms with Crippen LogP contribution in [0.15, 0.2) is 42.5 Å². The van der Waals surface area contributed by atoms with Crippen LogP contribution in [-0.4, -0.2) is 12.0 Å². The number of benzene rings is 2. The average molecular weight is 281 g/mol. The molecule has 1 unspecified atom stereocenters. The molecule has 0 aliphatic carbocycles. The van der Waals surface area contributed by atoms with Crippen LogP contribution in [0.5, 0.6) is 5.75 Å². The summed E-state index contributed by atoms with van der Waals surface area (Å²) in [6.07, 6.45) is -0.441. The SMILES string of the molecule is Cc1ccc2c(c1)N(Cc1ccccc1C)C(=O)C(C)O2. The Bertz CT molecular complexity index is 693. The Balaban J connectivity index is 2.03. The lowest BCUT2D eigenvalue weighted by Gasteiger charge is -2.33. The second kappa shape index (κ2) is 5.24. The number of fused-ring (bicyclic) bond motifs is 1. The minimum atomic E-state index is -0.441. The highest BCUT2D eigenvalue weighted by Crippen LogP contribution is 2.35. The number of ether oxygens (including phenoxy) is 1. The van der Waals surface area contributed by atoms with E-state index < -0.39 is 6.10 Å². The third-order valence-electron chi connectivity index (χ3n) is 3.91. The van der Waals surface area contributed by atoms with Gasteiger partial charge in [-0.1, -0.05) is 30.3 Å². The van der Waals surface area contributed by atoms with Crippen molar-refractivity contribution in [2.45, 2.75) is 33.4 Å². The van der Waals surface area contributed by atoms with Gasteiger partial charge in [-0.2, -0.15) is 0 Å². The number of aryl methyl sites for hydroxylation is 2. The van der Waals surface area contributed by atoms with Gasteiger partial charge in [-0.15, -0.1) is 0 Å². The molecule has 0 radical (unpaired) electrons. The van der Waals surface area contributed by atoms with Crippen molar-refractivity contribution in [1.29, 1.82) is 0 Å². The zero-order valence-corrected chi connectivity index (χ0v) is 12.6. The molecule has 0 fully saturated rings. The van der Waals surface area contributed by atoms with Crippen molar-refractivity contribution in [3.05, 3.63) is 59.2 Å². The third-order valence-corrected chi connectivity index (χ3v) is 3.91. The van der Waals surface area contributed by atoms with Gasteiger partial charge in [0.25, 0.3) is 5.91 Å². The van der Waals surface area contributed by atoms with E-state index in [9.17, 15) is 4.79 Å². The van der Waals surface area contributed by atoms with E-state index in [-0.39, 0.29) is 5.91 Å². The quantitative estimate of drug-likeness (QED) is 0.841. The van der Waals surface area contributed by atoms with Crippen molar-refractivity contribution < 1.29 is 9.53 Å². The molecule has 3 rings (SSSR count). The minimum Gasteiger partial charge on any atom is -0.479 e. The van der Waals surface area contributed by atoms with Crippen molar-refractivity contribution in [2.24, 2.45) is 0 Å². The Morgan fingerprint density at radius 3 is 2.67 bits per heavy atom. The van der Waals surface area contributed by atoms with Gasteiger partial charge in [0.1, 0.15) is 5.75 Å². The molecule has 3 nitrogen and oxygen atoms in total. The smallest absolute Gasteiger partial charge is 0.268 e. The maximum atomic E-state index is 12.5. The number of nitrogens with zero attached hydrogens (tertiary/aromatic N) is 1. The number of hydrogen-bond donors (Lipinski definition) is 0. The number of rotatable bonds is 2. The first-order chi connectivity index (χ1) is 10.1. The van der Waals surface area contributed by atoms with Crippen molar-refractivity contribution in [3.63, 3.8) is 0 Å². The molecule has 0 aromatic heterocycles. The number of carbonyl (C=O) groups excluding carboxylic acids is 1. The topological polar surface area (TPSA) is 29.5 Å². The highest BCUT2D eigenvalue weighted by molar-refractivity contribution is 5.99. The van der Waals surface area contributed by atoms with Gasteiger partial charge in [-0.25, -0.2) is 0 Å². The van der Waals surface area contributed by atoms with E-state index in [1.54, 1.807) is 6.92 Å². The van der Waals surface area contributed by atoms with Crippen LogP contribution in [0.25, 0.3) is 0 Å². The highest BCUT2D eigenvalue weighted by atomic mass is 16.5. The van der Waals surface area contributed by atoms with Crippen LogP contribution in [-0.2, 0) is 11.3 Å². The second-order valence-electron chi connectivity index (χ2n) is 5.58. The van der Waals surface area contributed by atoms with Gasteiger partial charge in [0.05, 0.1) is 12.2 Å². The molecular weight excluding hydrogens is 262 g/mol. The van der Waals surface area contributed by atoms with Gasteiger partial charge in [0.15, 0.2) is 6.10 Å². The summed E-state index contributed by atoms with van der Waals surface area (Å²) in [5.74, 6) is 0.789. The maximum absolute atomic E-state index is 12.5. The summed E-state index contributed by atoms with van der Waals surface area (Å²) < 4.78 is 5.71. The van der Waals surface area contributed by atoms with Gasteiger partial charge in [0, 0.05) is 0 Å². The Morgan fingerprint density at radius 1 is 1.14 bits per heavy atom. The van der Waals surface area contributed by atoms with Crippen molar-refractivity contribution >= 4 is 11.6 Å². The predicted octanol–water partition coefficient (Wildman–Crippen LogP) is 3.62. The van der Waals surface area contributed by atoms with Gasteiger partial charge in [-0.05, 0) is 49.6 Å². The molecule has 1 atom stereocenters.